The summed E-state index contributed by atoms with van der Waals surface area (Å²) in [6, 6.07) is 9.80. The standard InChI is InChI=1S/C19H22N2O6S/c1-21(2)28(23,24)15-6-8-16(25-3)13(10-15)4-9-19(22)20-14-5-7-17-18(11-14)27-12-26-17/h5-8,10-11H,4,9,12H2,1-3H3,(H,20,22). The zero-order valence-corrected chi connectivity index (χ0v) is 16.7. The molecule has 0 aromatic heterocycles. The molecule has 9 heteroatoms. The van der Waals surface area contributed by atoms with Crippen LogP contribution in [0.2, 0.25) is 0 Å². The van der Waals surface area contributed by atoms with Crippen molar-refractivity contribution in [2.45, 2.75) is 17.7 Å². The molecule has 150 valence electrons. The Morgan fingerprint density at radius 2 is 1.89 bits per heavy atom. The van der Waals surface area contributed by atoms with Crippen molar-refractivity contribution in [3.63, 3.8) is 0 Å². The van der Waals surface area contributed by atoms with Crippen molar-refractivity contribution in [3.05, 3.63) is 42.0 Å². The fourth-order valence-electron chi connectivity index (χ4n) is 2.77. The summed E-state index contributed by atoms with van der Waals surface area (Å²) in [5.74, 6) is 1.55. The van der Waals surface area contributed by atoms with Crippen molar-refractivity contribution >= 4 is 21.6 Å². The van der Waals surface area contributed by atoms with Crippen molar-refractivity contribution in [1.82, 2.24) is 4.31 Å². The largest absolute Gasteiger partial charge is 0.496 e. The Hall–Kier alpha value is -2.78. The Labute approximate surface area is 164 Å². The molecule has 3 rings (SSSR count). The van der Waals surface area contributed by atoms with Gasteiger partial charge < -0.3 is 19.5 Å². The van der Waals surface area contributed by atoms with E-state index in [-0.39, 0.29) is 24.0 Å². The van der Waals surface area contributed by atoms with Crippen molar-refractivity contribution in [2.24, 2.45) is 0 Å². The molecule has 0 spiro atoms. The summed E-state index contributed by atoms with van der Waals surface area (Å²) in [5, 5.41) is 2.80. The minimum absolute atomic E-state index is 0.157. The molecule has 1 N–H and O–H groups in total. The first-order valence-corrected chi connectivity index (χ1v) is 10.0. The van der Waals surface area contributed by atoms with Gasteiger partial charge in [-0.05, 0) is 42.3 Å². The summed E-state index contributed by atoms with van der Waals surface area (Å²) >= 11 is 0. The number of carbonyl (C=O) groups is 1. The average Bonchev–Trinajstić information content (AvgIpc) is 3.13. The molecule has 0 bridgehead atoms. The number of nitrogens with zero attached hydrogens (tertiary/aromatic N) is 1. The Morgan fingerprint density at radius 3 is 2.61 bits per heavy atom. The van der Waals surface area contributed by atoms with Gasteiger partial charge in [0.15, 0.2) is 11.5 Å². The number of nitrogens with one attached hydrogen (secondary N) is 1. The lowest BCUT2D eigenvalue weighted by atomic mass is 10.1. The number of anilines is 1. The third-order valence-electron chi connectivity index (χ3n) is 4.31. The van der Waals surface area contributed by atoms with Crippen LogP contribution >= 0.6 is 0 Å². The number of carbonyl (C=O) groups excluding carboxylic acids is 1. The number of hydrogen-bond donors (Lipinski definition) is 1. The van der Waals surface area contributed by atoms with E-state index < -0.39 is 10.0 Å². The quantitative estimate of drug-likeness (QED) is 0.758. The molecule has 0 aliphatic carbocycles. The number of aryl methyl sites for hydroxylation is 1. The first kappa shape index (κ1) is 20.0. The molecule has 2 aromatic carbocycles. The Morgan fingerprint density at radius 1 is 1.14 bits per heavy atom. The van der Waals surface area contributed by atoms with Gasteiger partial charge in [-0.25, -0.2) is 12.7 Å². The normalized spacial score (nSPS) is 12.9. The highest BCUT2D eigenvalue weighted by molar-refractivity contribution is 7.89. The Bertz CT molecular complexity index is 988. The summed E-state index contributed by atoms with van der Waals surface area (Å²) in [6.07, 6.45) is 0.493. The maximum Gasteiger partial charge on any atom is 0.242 e. The number of hydrogen-bond acceptors (Lipinski definition) is 6. The fraction of sp³-hybridized carbons (Fsp3) is 0.316. The lowest BCUT2D eigenvalue weighted by Crippen LogP contribution is -2.22. The molecule has 0 unspecified atom stereocenters. The first-order valence-electron chi connectivity index (χ1n) is 8.60. The van der Waals surface area contributed by atoms with Gasteiger partial charge in [-0.2, -0.15) is 0 Å². The van der Waals surface area contributed by atoms with E-state index in [1.165, 1.54) is 27.3 Å². The maximum atomic E-state index is 12.3. The van der Waals surface area contributed by atoms with Crippen LogP contribution in [-0.4, -0.2) is 46.6 Å². The van der Waals surface area contributed by atoms with Gasteiger partial charge in [0.2, 0.25) is 22.7 Å². The van der Waals surface area contributed by atoms with Crippen LogP contribution in [-0.2, 0) is 21.2 Å². The number of benzene rings is 2. The third-order valence-corrected chi connectivity index (χ3v) is 6.12. The van der Waals surface area contributed by atoms with E-state index in [2.05, 4.69) is 5.32 Å². The smallest absolute Gasteiger partial charge is 0.242 e. The molecule has 1 heterocycles. The monoisotopic (exact) mass is 406 g/mol. The highest BCUT2D eigenvalue weighted by atomic mass is 32.2. The van der Waals surface area contributed by atoms with Crippen LogP contribution in [0.25, 0.3) is 0 Å². The van der Waals surface area contributed by atoms with E-state index in [0.717, 1.165) is 4.31 Å². The van der Waals surface area contributed by atoms with Crippen molar-refractivity contribution in [2.75, 3.05) is 33.3 Å². The van der Waals surface area contributed by atoms with Crippen LogP contribution in [0.4, 0.5) is 5.69 Å². The van der Waals surface area contributed by atoms with E-state index in [1.54, 1.807) is 30.3 Å². The topological polar surface area (TPSA) is 94.2 Å². The molecule has 0 fully saturated rings. The first-order chi connectivity index (χ1) is 13.3. The third kappa shape index (κ3) is 4.20. The minimum Gasteiger partial charge on any atom is -0.496 e. The van der Waals surface area contributed by atoms with Crippen molar-refractivity contribution in [1.29, 1.82) is 0 Å². The zero-order chi connectivity index (χ0) is 20.3. The Balaban J connectivity index is 1.70. The summed E-state index contributed by atoms with van der Waals surface area (Å²) in [6.45, 7) is 0.165. The van der Waals surface area contributed by atoms with E-state index in [9.17, 15) is 13.2 Å². The van der Waals surface area contributed by atoms with Gasteiger partial charge in [0.25, 0.3) is 0 Å². The van der Waals surface area contributed by atoms with Gasteiger partial charge in [-0.15, -0.1) is 0 Å². The second kappa shape index (κ2) is 8.07. The lowest BCUT2D eigenvalue weighted by Gasteiger charge is -2.14. The summed E-state index contributed by atoms with van der Waals surface area (Å²) in [5.41, 5.74) is 1.25. The van der Waals surface area contributed by atoms with E-state index >= 15 is 0 Å². The highest BCUT2D eigenvalue weighted by Gasteiger charge is 2.19. The number of ether oxygens (including phenoxy) is 3. The van der Waals surface area contributed by atoms with Crippen LogP contribution in [0.1, 0.15) is 12.0 Å². The number of fused-ring (bicyclic) bond motifs is 1. The molecule has 0 saturated carbocycles. The SMILES string of the molecule is COc1ccc(S(=O)(=O)N(C)C)cc1CCC(=O)Nc1ccc2c(c1)OCO2. The molecule has 0 atom stereocenters. The lowest BCUT2D eigenvalue weighted by molar-refractivity contribution is -0.116. The molecule has 1 amide bonds. The van der Waals surface area contributed by atoms with Crippen LogP contribution in [0, 0.1) is 0 Å². The van der Waals surface area contributed by atoms with Crippen LogP contribution < -0.4 is 19.5 Å². The van der Waals surface area contributed by atoms with Crippen molar-refractivity contribution in [3.8, 4) is 17.2 Å². The summed E-state index contributed by atoms with van der Waals surface area (Å²) < 4.78 is 41.7. The molecular weight excluding hydrogens is 384 g/mol. The fourth-order valence-corrected chi connectivity index (χ4v) is 3.72. The van der Waals surface area contributed by atoms with Crippen molar-refractivity contribution < 1.29 is 27.4 Å². The predicted octanol–water partition coefficient (Wildman–Crippen LogP) is 2.25. The van der Waals surface area contributed by atoms with Gasteiger partial charge >= 0.3 is 0 Å². The Kier molecular flexibility index (Phi) is 5.76. The zero-order valence-electron chi connectivity index (χ0n) is 15.9. The van der Waals surface area contributed by atoms with E-state index in [0.29, 0.717) is 34.9 Å². The van der Waals surface area contributed by atoms with Gasteiger partial charge in [0, 0.05) is 32.3 Å². The van der Waals surface area contributed by atoms with Gasteiger partial charge in [-0.1, -0.05) is 0 Å². The molecule has 0 saturated heterocycles. The van der Waals surface area contributed by atoms with Crippen LogP contribution in [0.15, 0.2) is 41.3 Å². The summed E-state index contributed by atoms with van der Waals surface area (Å²) in [4.78, 5) is 12.5. The minimum atomic E-state index is -3.57. The molecule has 8 nitrogen and oxygen atoms in total. The number of methoxy groups -OCH3 is 1. The van der Waals surface area contributed by atoms with Gasteiger partial charge in [-0.3, -0.25) is 4.79 Å². The van der Waals surface area contributed by atoms with E-state index in [1.807, 2.05) is 0 Å². The van der Waals surface area contributed by atoms with E-state index in [4.69, 9.17) is 14.2 Å². The predicted molar refractivity (Wildman–Crippen MR) is 103 cm³/mol. The van der Waals surface area contributed by atoms with Crippen LogP contribution in [0.5, 0.6) is 17.2 Å². The van der Waals surface area contributed by atoms with Gasteiger partial charge in [0.05, 0.1) is 12.0 Å². The molecule has 28 heavy (non-hydrogen) atoms. The molecule has 2 aromatic rings. The maximum absolute atomic E-state index is 12.3. The molecule has 1 aliphatic rings. The number of sulfonamides is 1. The second-order valence-electron chi connectivity index (χ2n) is 6.38. The average molecular weight is 406 g/mol. The molecule has 1 aliphatic heterocycles. The number of rotatable bonds is 7. The summed E-state index contributed by atoms with van der Waals surface area (Å²) in [7, 11) is 0.880. The highest BCUT2D eigenvalue weighted by Crippen LogP contribution is 2.34. The number of amides is 1. The molecule has 0 radical (unpaired) electrons. The molecular formula is C19H22N2O6S. The van der Waals surface area contributed by atoms with Crippen LogP contribution in [0.3, 0.4) is 0 Å². The second-order valence-corrected chi connectivity index (χ2v) is 8.53. The van der Waals surface area contributed by atoms with Gasteiger partial charge in [0.1, 0.15) is 5.75 Å².